The normalized spacial score (nSPS) is 16.8. The van der Waals surface area contributed by atoms with Crippen LogP contribution in [0.15, 0.2) is 42.5 Å². The molecule has 5 rings (SSSR count). The highest BCUT2D eigenvalue weighted by Crippen LogP contribution is 2.51. The maximum absolute atomic E-state index is 12.9. The van der Waals surface area contributed by atoms with Crippen LogP contribution in [0.1, 0.15) is 25.5 Å². The Morgan fingerprint density at radius 2 is 1.96 bits per heavy atom. The number of rotatable bonds is 3. The molecule has 0 saturated heterocycles. The second kappa shape index (κ2) is 5.02. The van der Waals surface area contributed by atoms with Crippen LogP contribution in [-0.2, 0) is 10.2 Å². The van der Waals surface area contributed by atoms with Crippen LogP contribution >= 0.6 is 0 Å². The Bertz CT molecular complexity index is 1010. The Morgan fingerprint density at radius 3 is 2.80 bits per heavy atom. The molecule has 25 heavy (non-hydrogen) atoms. The van der Waals surface area contributed by atoms with Gasteiger partial charge in [0, 0.05) is 23.7 Å². The fourth-order valence-corrected chi connectivity index (χ4v) is 3.57. The second-order valence-corrected chi connectivity index (χ2v) is 6.86. The zero-order chi connectivity index (χ0) is 17.0. The third-order valence-corrected chi connectivity index (χ3v) is 5.12. The van der Waals surface area contributed by atoms with Gasteiger partial charge in [0.05, 0.1) is 5.41 Å². The number of hydrogen-bond acceptors (Lipinski definition) is 3. The molecule has 2 heterocycles. The number of aryl methyl sites for hydroxylation is 1. The van der Waals surface area contributed by atoms with Crippen molar-refractivity contribution in [2.75, 3.05) is 12.1 Å². The molecule has 0 radical (unpaired) electrons. The van der Waals surface area contributed by atoms with Crippen molar-refractivity contribution in [3.8, 4) is 11.5 Å². The second-order valence-electron chi connectivity index (χ2n) is 6.86. The van der Waals surface area contributed by atoms with E-state index in [9.17, 15) is 4.79 Å². The summed E-state index contributed by atoms with van der Waals surface area (Å²) in [6, 6.07) is 13.8. The van der Waals surface area contributed by atoms with E-state index in [2.05, 4.69) is 16.4 Å². The number of carbonyl (C=O) groups is 1. The minimum Gasteiger partial charge on any atom is -0.454 e. The molecule has 0 atom stereocenters. The predicted octanol–water partition coefficient (Wildman–Crippen LogP) is 4.12. The van der Waals surface area contributed by atoms with Crippen LogP contribution in [0.2, 0.25) is 0 Å². The molecule has 1 aromatic heterocycles. The zero-order valence-corrected chi connectivity index (χ0v) is 13.9. The van der Waals surface area contributed by atoms with E-state index in [4.69, 9.17) is 9.47 Å². The highest BCUT2D eigenvalue weighted by molar-refractivity contribution is 6.02. The minimum atomic E-state index is -0.454. The Labute approximate surface area is 146 Å². The number of ether oxygens (including phenoxy) is 2. The van der Waals surface area contributed by atoms with Crippen molar-refractivity contribution < 1.29 is 15.7 Å². The van der Waals surface area contributed by atoms with Crippen molar-refractivity contribution in [1.29, 1.82) is 0 Å². The number of amides is 1. The van der Waals surface area contributed by atoms with Crippen LogP contribution in [0.3, 0.4) is 0 Å². The monoisotopic (exact) mass is 336 g/mol. The first-order valence-electron chi connectivity index (χ1n) is 8.45. The number of nitrogens with one attached hydrogen (secondary N) is 2. The molecule has 1 fully saturated rings. The topological polar surface area (TPSA) is 63.4 Å². The van der Waals surface area contributed by atoms with Crippen molar-refractivity contribution in [1.82, 2.24) is 4.98 Å². The summed E-state index contributed by atoms with van der Waals surface area (Å²) in [4.78, 5) is 16.2. The summed E-state index contributed by atoms with van der Waals surface area (Å²) in [7, 11) is 0. The summed E-state index contributed by atoms with van der Waals surface area (Å²) in [5.74, 6) is 1.51. The molecule has 1 amide bonds. The zero-order valence-electron chi connectivity index (χ0n) is 13.9. The lowest BCUT2D eigenvalue weighted by Gasteiger charge is -2.16. The summed E-state index contributed by atoms with van der Waals surface area (Å²) in [5.41, 5.74) is 3.55. The maximum Gasteiger partial charge on any atom is 0.235 e. The van der Waals surface area contributed by atoms with E-state index in [0.717, 1.165) is 52.2 Å². The molecule has 3 aromatic rings. The summed E-state index contributed by atoms with van der Waals surface area (Å²) in [6.07, 6.45) is 1.70. The number of hydrogen-bond donors (Lipinski definition) is 2. The van der Waals surface area contributed by atoms with Gasteiger partial charge in [0.1, 0.15) is 0 Å². The first-order chi connectivity index (χ1) is 12.1. The molecule has 1 aliphatic heterocycles. The highest BCUT2D eigenvalue weighted by atomic mass is 16.7. The van der Waals surface area contributed by atoms with Gasteiger partial charge >= 0.3 is 0 Å². The molecule has 5 nitrogen and oxygen atoms in total. The van der Waals surface area contributed by atoms with Gasteiger partial charge in [-0.2, -0.15) is 0 Å². The van der Waals surface area contributed by atoms with Gasteiger partial charge in [-0.15, -0.1) is 0 Å². The van der Waals surface area contributed by atoms with E-state index >= 15 is 0 Å². The maximum atomic E-state index is 12.9. The van der Waals surface area contributed by atoms with Crippen LogP contribution in [0.25, 0.3) is 10.9 Å². The Kier molecular flexibility index (Phi) is 2.89. The smallest absolute Gasteiger partial charge is 0.235 e. The number of fused-ring (bicyclic) bond motifs is 2. The highest BCUT2D eigenvalue weighted by Gasteiger charge is 2.51. The van der Waals surface area contributed by atoms with Gasteiger partial charge in [-0.3, -0.25) is 4.79 Å². The molecular formula is C20H20N2O3. The SMILES string of the molecule is Cc1cc2cc(NC(=O)C3(c4ccc5c(c4)OCO5)CC3)ccc2[nH]1.[HH]. The number of aromatic nitrogens is 1. The quantitative estimate of drug-likeness (QED) is 0.756. The molecule has 128 valence electrons. The van der Waals surface area contributed by atoms with E-state index in [1.807, 2.05) is 43.3 Å². The lowest BCUT2D eigenvalue weighted by atomic mass is 9.94. The van der Waals surface area contributed by atoms with E-state index in [1.54, 1.807) is 0 Å². The standard InChI is InChI=1S/C20H18N2O3.H2/c1-12-8-13-9-15(3-4-16(13)21-12)22-19(23)20(6-7-20)14-2-5-17-18(10-14)25-11-24-17;/h2-5,8-10,21H,6-7,11H2,1H3,(H,22,23);1H. The van der Waals surface area contributed by atoms with Crippen molar-refractivity contribution in [3.63, 3.8) is 0 Å². The number of benzene rings is 2. The number of anilines is 1. The lowest BCUT2D eigenvalue weighted by Crippen LogP contribution is -2.27. The van der Waals surface area contributed by atoms with Gasteiger partial charge < -0.3 is 19.8 Å². The Balaban J connectivity index is 0.00000168. The summed E-state index contributed by atoms with van der Waals surface area (Å²) >= 11 is 0. The van der Waals surface area contributed by atoms with Crippen molar-refractivity contribution in [2.45, 2.75) is 25.2 Å². The number of carbonyl (C=O) groups excluding carboxylic acids is 1. The fraction of sp³-hybridized carbons (Fsp3) is 0.250. The van der Waals surface area contributed by atoms with Crippen LogP contribution in [-0.4, -0.2) is 17.7 Å². The van der Waals surface area contributed by atoms with E-state index in [-0.39, 0.29) is 14.1 Å². The Hall–Kier alpha value is -2.95. The molecule has 2 aromatic carbocycles. The molecule has 1 saturated carbocycles. The minimum absolute atomic E-state index is 0. The van der Waals surface area contributed by atoms with E-state index in [1.165, 1.54) is 0 Å². The summed E-state index contributed by atoms with van der Waals surface area (Å²) < 4.78 is 10.8. The largest absolute Gasteiger partial charge is 0.454 e. The molecule has 2 aliphatic rings. The van der Waals surface area contributed by atoms with Crippen molar-refractivity contribution in [3.05, 3.63) is 53.7 Å². The third kappa shape index (κ3) is 2.27. The van der Waals surface area contributed by atoms with Crippen LogP contribution < -0.4 is 14.8 Å². The first-order valence-corrected chi connectivity index (χ1v) is 8.45. The van der Waals surface area contributed by atoms with Gasteiger partial charge in [0.15, 0.2) is 11.5 Å². The summed E-state index contributed by atoms with van der Waals surface area (Å²) in [6.45, 7) is 2.27. The van der Waals surface area contributed by atoms with Crippen LogP contribution in [0.4, 0.5) is 5.69 Å². The average molecular weight is 336 g/mol. The number of aromatic amines is 1. The predicted molar refractivity (Wildman–Crippen MR) is 97.3 cm³/mol. The van der Waals surface area contributed by atoms with Crippen molar-refractivity contribution in [2.24, 2.45) is 0 Å². The van der Waals surface area contributed by atoms with Gasteiger partial charge in [0.25, 0.3) is 0 Å². The third-order valence-electron chi connectivity index (χ3n) is 5.12. The average Bonchev–Trinajstić information content (AvgIpc) is 3.13. The molecule has 0 unspecified atom stereocenters. The molecule has 0 bridgehead atoms. The van der Waals surface area contributed by atoms with Gasteiger partial charge in [-0.05, 0) is 61.7 Å². The molecule has 5 heteroatoms. The Morgan fingerprint density at radius 1 is 1.12 bits per heavy atom. The summed E-state index contributed by atoms with van der Waals surface area (Å²) in [5, 5.41) is 4.19. The molecular weight excluding hydrogens is 316 g/mol. The van der Waals surface area contributed by atoms with Crippen molar-refractivity contribution >= 4 is 22.5 Å². The fourth-order valence-electron chi connectivity index (χ4n) is 3.57. The van der Waals surface area contributed by atoms with Gasteiger partial charge in [-0.1, -0.05) is 6.07 Å². The van der Waals surface area contributed by atoms with Crippen LogP contribution in [0.5, 0.6) is 11.5 Å². The van der Waals surface area contributed by atoms with Gasteiger partial charge in [0.2, 0.25) is 12.7 Å². The molecule has 1 aliphatic carbocycles. The van der Waals surface area contributed by atoms with E-state index in [0.29, 0.717) is 0 Å². The van der Waals surface area contributed by atoms with E-state index < -0.39 is 5.41 Å². The lowest BCUT2D eigenvalue weighted by molar-refractivity contribution is -0.118. The molecule has 0 spiro atoms. The molecule has 2 N–H and O–H groups in total. The number of H-pyrrole nitrogens is 1. The van der Waals surface area contributed by atoms with Gasteiger partial charge in [-0.25, -0.2) is 0 Å². The first kappa shape index (κ1) is 14.4. The van der Waals surface area contributed by atoms with Crippen LogP contribution in [0, 0.1) is 6.92 Å².